The molecule has 0 saturated heterocycles. The number of anilines is 1. The fourth-order valence-electron chi connectivity index (χ4n) is 3.76. The van der Waals surface area contributed by atoms with Crippen molar-refractivity contribution in [3.05, 3.63) is 92.3 Å². The number of pyridine rings is 1. The molecule has 2 aromatic carbocycles. The first-order chi connectivity index (χ1) is 15.8. The van der Waals surface area contributed by atoms with Crippen LogP contribution < -0.4 is 21.3 Å². The molecule has 0 spiro atoms. The third-order valence-electron chi connectivity index (χ3n) is 5.35. The van der Waals surface area contributed by atoms with Crippen LogP contribution in [-0.4, -0.2) is 18.0 Å². The first-order valence-electron chi connectivity index (χ1n) is 9.88. The van der Waals surface area contributed by atoms with Crippen molar-refractivity contribution in [3.63, 3.8) is 0 Å². The molecule has 1 unspecified atom stereocenters. The van der Waals surface area contributed by atoms with E-state index in [4.69, 9.17) is 26.8 Å². The number of nitrogens with two attached hydrogens (primary N) is 1. The molecule has 1 aliphatic rings. The standard InChI is InChI=1S/C24H19ClN4O4/c1-12-20(24(31)28-15-6-4-14(25)5-7-15)21(18(11-26)22(27)33-12)17-9-13-3-8-16(32-2)10-19(13)29-23(17)30/h3-10,21H,27H2,1-2H3,(H,28,31)(H,29,30). The van der Waals surface area contributed by atoms with Crippen molar-refractivity contribution in [2.75, 3.05) is 12.4 Å². The zero-order chi connectivity index (χ0) is 23.7. The predicted octanol–water partition coefficient (Wildman–Crippen LogP) is 3.91. The molecule has 1 atom stereocenters. The summed E-state index contributed by atoms with van der Waals surface area (Å²) in [6.45, 7) is 1.56. The fraction of sp³-hybridized carbons (Fsp3) is 0.125. The van der Waals surface area contributed by atoms with Gasteiger partial charge in [0.2, 0.25) is 5.88 Å². The maximum absolute atomic E-state index is 13.3. The molecule has 0 fully saturated rings. The molecule has 4 N–H and O–H groups in total. The first-order valence-corrected chi connectivity index (χ1v) is 10.3. The fourth-order valence-corrected chi connectivity index (χ4v) is 3.88. The van der Waals surface area contributed by atoms with E-state index in [9.17, 15) is 14.9 Å². The van der Waals surface area contributed by atoms with Gasteiger partial charge in [-0.2, -0.15) is 5.26 Å². The van der Waals surface area contributed by atoms with Crippen molar-refractivity contribution >= 4 is 34.1 Å². The van der Waals surface area contributed by atoms with E-state index in [0.29, 0.717) is 27.4 Å². The summed E-state index contributed by atoms with van der Waals surface area (Å²) in [5.74, 6) is -0.937. The number of ether oxygens (including phenoxy) is 2. The van der Waals surface area contributed by atoms with Crippen LogP contribution in [0.1, 0.15) is 18.4 Å². The largest absolute Gasteiger partial charge is 0.497 e. The average Bonchev–Trinajstić information content (AvgIpc) is 2.79. The van der Waals surface area contributed by atoms with Crippen LogP contribution in [0.2, 0.25) is 5.02 Å². The highest BCUT2D eigenvalue weighted by Gasteiger charge is 2.37. The van der Waals surface area contributed by atoms with Crippen molar-refractivity contribution in [2.24, 2.45) is 5.73 Å². The van der Waals surface area contributed by atoms with E-state index in [0.717, 1.165) is 0 Å². The summed E-state index contributed by atoms with van der Waals surface area (Å²) in [6, 6.07) is 15.4. The number of carbonyl (C=O) groups excluding carboxylic acids is 1. The van der Waals surface area contributed by atoms with Gasteiger partial charge in [0, 0.05) is 22.3 Å². The van der Waals surface area contributed by atoms with Crippen molar-refractivity contribution in [3.8, 4) is 11.8 Å². The summed E-state index contributed by atoms with van der Waals surface area (Å²) in [5, 5.41) is 13.8. The summed E-state index contributed by atoms with van der Waals surface area (Å²) in [4.78, 5) is 29.2. The SMILES string of the molecule is COc1ccc2cc(C3C(C#N)=C(N)OC(C)=C3C(=O)Nc3ccc(Cl)cc3)c(=O)[nH]c2c1. The third-order valence-corrected chi connectivity index (χ3v) is 5.60. The number of rotatable bonds is 4. The molecule has 33 heavy (non-hydrogen) atoms. The maximum atomic E-state index is 13.3. The zero-order valence-corrected chi connectivity index (χ0v) is 18.5. The molecule has 8 nitrogen and oxygen atoms in total. The molecule has 0 aliphatic carbocycles. The van der Waals surface area contributed by atoms with Gasteiger partial charge in [0.05, 0.1) is 24.1 Å². The lowest BCUT2D eigenvalue weighted by molar-refractivity contribution is -0.113. The number of H-pyrrole nitrogens is 1. The van der Waals surface area contributed by atoms with Gasteiger partial charge < -0.3 is 25.5 Å². The molecule has 2 heterocycles. The Labute approximate surface area is 193 Å². The lowest BCUT2D eigenvalue weighted by Gasteiger charge is -2.27. The normalized spacial score (nSPS) is 15.8. The molecular formula is C24H19ClN4O4. The number of fused-ring (bicyclic) bond motifs is 1. The van der Waals surface area contributed by atoms with E-state index < -0.39 is 17.4 Å². The van der Waals surface area contributed by atoms with Gasteiger partial charge in [-0.25, -0.2) is 0 Å². The van der Waals surface area contributed by atoms with E-state index in [2.05, 4.69) is 10.3 Å². The van der Waals surface area contributed by atoms with Crippen LogP contribution in [0.15, 0.2) is 76.1 Å². The van der Waals surface area contributed by atoms with Gasteiger partial charge >= 0.3 is 0 Å². The molecule has 9 heteroatoms. The number of nitrogens with one attached hydrogen (secondary N) is 2. The van der Waals surface area contributed by atoms with Crippen LogP contribution in [0.3, 0.4) is 0 Å². The molecule has 0 bridgehead atoms. The number of methoxy groups -OCH3 is 1. The Morgan fingerprint density at radius 2 is 1.97 bits per heavy atom. The summed E-state index contributed by atoms with van der Waals surface area (Å²) in [7, 11) is 1.53. The number of aromatic amines is 1. The Balaban J connectivity index is 1.85. The second kappa shape index (κ2) is 8.73. The Bertz CT molecular complexity index is 1430. The van der Waals surface area contributed by atoms with Crippen LogP contribution in [0.4, 0.5) is 5.69 Å². The minimum absolute atomic E-state index is 0.0276. The number of halogens is 1. The predicted molar refractivity (Wildman–Crippen MR) is 125 cm³/mol. The highest BCUT2D eigenvalue weighted by molar-refractivity contribution is 6.30. The third kappa shape index (κ3) is 4.14. The Kier molecular flexibility index (Phi) is 5.82. The molecule has 0 saturated carbocycles. The monoisotopic (exact) mass is 462 g/mol. The summed E-state index contributed by atoms with van der Waals surface area (Å²) >= 11 is 5.92. The second-order valence-electron chi connectivity index (χ2n) is 7.36. The van der Waals surface area contributed by atoms with Gasteiger partial charge in [0.15, 0.2) is 0 Å². The lowest BCUT2D eigenvalue weighted by atomic mass is 9.82. The minimum atomic E-state index is -1.02. The van der Waals surface area contributed by atoms with Crippen molar-refractivity contribution in [2.45, 2.75) is 12.8 Å². The van der Waals surface area contributed by atoms with Crippen molar-refractivity contribution in [1.29, 1.82) is 5.26 Å². The Hall–Kier alpha value is -4.22. The van der Waals surface area contributed by atoms with Crippen LogP contribution in [-0.2, 0) is 9.53 Å². The number of nitrogens with zero attached hydrogens (tertiary/aromatic N) is 1. The number of hydrogen-bond donors (Lipinski definition) is 3. The number of allylic oxidation sites excluding steroid dienone is 2. The second-order valence-corrected chi connectivity index (χ2v) is 7.80. The minimum Gasteiger partial charge on any atom is -0.497 e. The van der Waals surface area contributed by atoms with E-state index >= 15 is 0 Å². The zero-order valence-electron chi connectivity index (χ0n) is 17.7. The number of carbonyl (C=O) groups is 1. The molecule has 4 rings (SSSR count). The van der Waals surface area contributed by atoms with Crippen LogP contribution in [0, 0.1) is 11.3 Å². The Morgan fingerprint density at radius 3 is 2.64 bits per heavy atom. The number of nitriles is 1. The molecule has 1 aromatic heterocycles. The first kappa shape index (κ1) is 22.0. The number of aromatic nitrogens is 1. The smallest absolute Gasteiger partial charge is 0.255 e. The van der Waals surface area contributed by atoms with Gasteiger partial charge in [-0.05, 0) is 54.8 Å². The van der Waals surface area contributed by atoms with Gasteiger partial charge in [0.1, 0.15) is 23.2 Å². The van der Waals surface area contributed by atoms with Crippen molar-refractivity contribution in [1.82, 2.24) is 4.98 Å². The maximum Gasteiger partial charge on any atom is 0.255 e. The number of amides is 1. The molecule has 3 aromatic rings. The number of hydrogen-bond acceptors (Lipinski definition) is 6. The number of benzene rings is 2. The van der Waals surface area contributed by atoms with Crippen LogP contribution in [0.5, 0.6) is 5.75 Å². The molecule has 1 aliphatic heterocycles. The molecule has 1 amide bonds. The van der Waals surface area contributed by atoms with Crippen LogP contribution in [0.25, 0.3) is 10.9 Å². The van der Waals surface area contributed by atoms with E-state index in [-0.39, 0.29) is 28.4 Å². The van der Waals surface area contributed by atoms with E-state index in [1.54, 1.807) is 55.5 Å². The average molecular weight is 463 g/mol. The van der Waals surface area contributed by atoms with Gasteiger partial charge in [-0.1, -0.05) is 11.6 Å². The van der Waals surface area contributed by atoms with Gasteiger partial charge in [-0.15, -0.1) is 0 Å². The summed E-state index contributed by atoms with van der Waals surface area (Å²) in [5.41, 5.74) is 6.81. The van der Waals surface area contributed by atoms with Crippen LogP contribution >= 0.6 is 11.6 Å². The molecule has 166 valence electrons. The van der Waals surface area contributed by atoms with E-state index in [1.165, 1.54) is 7.11 Å². The lowest BCUT2D eigenvalue weighted by Crippen LogP contribution is -2.30. The highest BCUT2D eigenvalue weighted by atomic mass is 35.5. The topological polar surface area (TPSA) is 130 Å². The summed E-state index contributed by atoms with van der Waals surface area (Å²) < 4.78 is 10.7. The van der Waals surface area contributed by atoms with Crippen molar-refractivity contribution < 1.29 is 14.3 Å². The Morgan fingerprint density at radius 1 is 1.24 bits per heavy atom. The highest BCUT2D eigenvalue weighted by Crippen LogP contribution is 2.39. The molecule has 0 radical (unpaired) electrons. The quantitative estimate of drug-likeness (QED) is 0.538. The summed E-state index contributed by atoms with van der Waals surface area (Å²) in [6.07, 6.45) is 0. The van der Waals surface area contributed by atoms with Gasteiger partial charge in [0.25, 0.3) is 11.5 Å². The van der Waals surface area contributed by atoms with E-state index in [1.807, 2.05) is 6.07 Å². The molecular weight excluding hydrogens is 444 g/mol. The van der Waals surface area contributed by atoms with Gasteiger partial charge in [-0.3, -0.25) is 9.59 Å².